The molecule has 0 amide bonds. The number of para-hydroxylation sites is 1. The summed E-state index contributed by atoms with van der Waals surface area (Å²) < 4.78 is 0. The Bertz CT molecular complexity index is 898. The highest BCUT2D eigenvalue weighted by Gasteiger charge is 2.25. The first-order valence-corrected chi connectivity index (χ1v) is 9.65. The fourth-order valence-electron chi connectivity index (χ4n) is 3.23. The minimum Gasteiger partial charge on any atom is -0.377 e. The molecule has 0 aliphatic carbocycles. The number of rotatable bonds is 4. The molecule has 1 aromatic heterocycles. The molecule has 0 fully saturated rings. The van der Waals surface area contributed by atoms with Gasteiger partial charge in [-0.1, -0.05) is 42.1 Å². The van der Waals surface area contributed by atoms with Gasteiger partial charge >= 0.3 is 0 Å². The van der Waals surface area contributed by atoms with E-state index in [0.29, 0.717) is 0 Å². The van der Waals surface area contributed by atoms with Gasteiger partial charge in [0, 0.05) is 40.8 Å². The number of benzene rings is 2. The van der Waals surface area contributed by atoms with Crippen LogP contribution in [-0.2, 0) is 0 Å². The van der Waals surface area contributed by atoms with Crippen LogP contribution in [0.3, 0.4) is 0 Å². The van der Waals surface area contributed by atoms with E-state index < -0.39 is 0 Å². The van der Waals surface area contributed by atoms with E-state index in [0.717, 1.165) is 30.3 Å². The molecule has 132 valence electrons. The highest BCUT2D eigenvalue weighted by molar-refractivity contribution is 7.99. The summed E-state index contributed by atoms with van der Waals surface area (Å²) in [6.07, 6.45) is 3.00. The van der Waals surface area contributed by atoms with E-state index >= 15 is 0 Å². The van der Waals surface area contributed by atoms with Gasteiger partial charge in [-0.05, 0) is 37.6 Å². The van der Waals surface area contributed by atoms with E-state index in [1.54, 1.807) is 11.8 Å². The van der Waals surface area contributed by atoms with Gasteiger partial charge in [-0.25, -0.2) is 9.97 Å². The SMILES string of the molecule is Cc1ncc2c(n1)N(C)CCC2Nc1ccccc1Sc1ccccc1. The summed E-state index contributed by atoms with van der Waals surface area (Å²) in [7, 11) is 2.10. The molecule has 0 bridgehead atoms. The lowest BCUT2D eigenvalue weighted by Crippen LogP contribution is -2.31. The lowest BCUT2D eigenvalue weighted by Gasteiger charge is -2.33. The molecule has 1 aliphatic rings. The molecule has 3 aromatic rings. The maximum absolute atomic E-state index is 4.65. The largest absolute Gasteiger partial charge is 0.377 e. The van der Waals surface area contributed by atoms with Gasteiger partial charge in [-0.15, -0.1) is 0 Å². The molecule has 4 rings (SSSR count). The quantitative estimate of drug-likeness (QED) is 0.713. The van der Waals surface area contributed by atoms with Gasteiger partial charge in [0.15, 0.2) is 0 Å². The minimum absolute atomic E-state index is 0.222. The predicted molar refractivity (Wildman–Crippen MR) is 108 cm³/mol. The number of aryl methyl sites for hydroxylation is 1. The van der Waals surface area contributed by atoms with Gasteiger partial charge in [0.05, 0.1) is 6.04 Å². The molecule has 0 radical (unpaired) electrons. The number of nitrogens with zero attached hydrogens (tertiary/aromatic N) is 3. The van der Waals surface area contributed by atoms with Crippen molar-refractivity contribution in [2.45, 2.75) is 29.2 Å². The van der Waals surface area contributed by atoms with Crippen LogP contribution in [0.25, 0.3) is 0 Å². The second-order valence-electron chi connectivity index (χ2n) is 6.51. The van der Waals surface area contributed by atoms with Gasteiger partial charge < -0.3 is 10.2 Å². The minimum atomic E-state index is 0.222. The Morgan fingerprint density at radius 3 is 2.69 bits per heavy atom. The Labute approximate surface area is 158 Å². The Balaban J connectivity index is 1.62. The zero-order valence-electron chi connectivity index (χ0n) is 15.0. The van der Waals surface area contributed by atoms with Crippen molar-refractivity contribution in [1.82, 2.24) is 9.97 Å². The van der Waals surface area contributed by atoms with Crippen molar-refractivity contribution in [3.8, 4) is 0 Å². The lowest BCUT2D eigenvalue weighted by molar-refractivity contribution is 0.631. The molecule has 1 unspecified atom stereocenters. The van der Waals surface area contributed by atoms with E-state index in [1.165, 1.54) is 15.4 Å². The van der Waals surface area contributed by atoms with Gasteiger partial charge in [-0.3, -0.25) is 0 Å². The number of aromatic nitrogens is 2. The Kier molecular flexibility index (Phi) is 4.80. The van der Waals surface area contributed by atoms with Crippen LogP contribution in [0.4, 0.5) is 11.5 Å². The molecular formula is C21H22N4S. The van der Waals surface area contributed by atoms with Crippen molar-refractivity contribution >= 4 is 23.3 Å². The first-order valence-electron chi connectivity index (χ1n) is 8.84. The van der Waals surface area contributed by atoms with Crippen LogP contribution >= 0.6 is 11.8 Å². The molecule has 0 saturated carbocycles. The van der Waals surface area contributed by atoms with Crippen molar-refractivity contribution in [3.05, 3.63) is 72.2 Å². The first-order chi connectivity index (χ1) is 12.7. The van der Waals surface area contributed by atoms with E-state index in [-0.39, 0.29) is 6.04 Å². The second-order valence-corrected chi connectivity index (χ2v) is 7.63. The topological polar surface area (TPSA) is 41.1 Å². The van der Waals surface area contributed by atoms with Gasteiger partial charge in [0.25, 0.3) is 0 Å². The number of nitrogens with one attached hydrogen (secondary N) is 1. The number of anilines is 2. The van der Waals surface area contributed by atoms with E-state index in [2.05, 4.69) is 75.8 Å². The van der Waals surface area contributed by atoms with Gasteiger partial charge in [0.2, 0.25) is 0 Å². The molecule has 26 heavy (non-hydrogen) atoms. The van der Waals surface area contributed by atoms with Crippen LogP contribution in [-0.4, -0.2) is 23.6 Å². The number of fused-ring (bicyclic) bond motifs is 1. The molecule has 4 nitrogen and oxygen atoms in total. The van der Waals surface area contributed by atoms with Crippen LogP contribution in [0.2, 0.25) is 0 Å². The molecule has 5 heteroatoms. The Hall–Kier alpha value is -2.53. The standard InChI is InChI=1S/C21H22N4S/c1-15-22-14-17-18(12-13-25(2)21(17)23-15)24-19-10-6-7-11-20(19)26-16-8-4-3-5-9-16/h3-11,14,18,24H,12-13H2,1-2H3. The van der Waals surface area contributed by atoms with Crippen LogP contribution in [0.5, 0.6) is 0 Å². The summed E-state index contributed by atoms with van der Waals surface area (Å²) in [5.41, 5.74) is 2.33. The van der Waals surface area contributed by atoms with Crippen molar-refractivity contribution in [2.75, 3.05) is 23.8 Å². The molecule has 0 saturated heterocycles. The predicted octanol–water partition coefficient (Wildman–Crippen LogP) is 4.93. The van der Waals surface area contributed by atoms with Crippen LogP contribution < -0.4 is 10.2 Å². The number of hydrogen-bond acceptors (Lipinski definition) is 5. The molecule has 0 spiro atoms. The Morgan fingerprint density at radius 1 is 1.08 bits per heavy atom. The fraction of sp³-hybridized carbons (Fsp3) is 0.238. The fourth-order valence-corrected chi connectivity index (χ4v) is 4.16. The average Bonchev–Trinajstić information content (AvgIpc) is 2.66. The smallest absolute Gasteiger partial charge is 0.137 e. The third kappa shape index (κ3) is 3.53. The highest BCUT2D eigenvalue weighted by atomic mass is 32.2. The summed E-state index contributed by atoms with van der Waals surface area (Å²) in [6, 6.07) is 19.2. The van der Waals surface area contributed by atoms with E-state index in [9.17, 15) is 0 Å². The maximum Gasteiger partial charge on any atom is 0.137 e. The van der Waals surface area contributed by atoms with Crippen LogP contribution in [0.1, 0.15) is 23.9 Å². The third-order valence-corrected chi connectivity index (χ3v) is 5.68. The monoisotopic (exact) mass is 362 g/mol. The summed E-state index contributed by atoms with van der Waals surface area (Å²) in [5.74, 6) is 1.85. The summed E-state index contributed by atoms with van der Waals surface area (Å²) in [5, 5.41) is 3.74. The van der Waals surface area contributed by atoms with Gasteiger partial charge in [-0.2, -0.15) is 0 Å². The molecular weight excluding hydrogens is 340 g/mol. The van der Waals surface area contributed by atoms with Crippen LogP contribution in [0, 0.1) is 6.92 Å². The van der Waals surface area contributed by atoms with Crippen LogP contribution in [0.15, 0.2) is 70.6 Å². The highest BCUT2D eigenvalue weighted by Crippen LogP contribution is 2.38. The van der Waals surface area contributed by atoms with E-state index in [1.807, 2.05) is 19.2 Å². The Morgan fingerprint density at radius 2 is 1.85 bits per heavy atom. The maximum atomic E-state index is 4.65. The molecule has 1 N–H and O–H groups in total. The summed E-state index contributed by atoms with van der Waals surface area (Å²) in [4.78, 5) is 13.8. The average molecular weight is 363 g/mol. The van der Waals surface area contributed by atoms with Crippen molar-refractivity contribution in [3.63, 3.8) is 0 Å². The lowest BCUT2D eigenvalue weighted by atomic mass is 10.0. The molecule has 1 aliphatic heterocycles. The van der Waals surface area contributed by atoms with Crippen molar-refractivity contribution in [2.24, 2.45) is 0 Å². The number of hydrogen-bond donors (Lipinski definition) is 1. The second kappa shape index (κ2) is 7.38. The normalized spacial score (nSPS) is 16.2. The third-order valence-electron chi connectivity index (χ3n) is 4.59. The molecule has 2 aromatic carbocycles. The zero-order valence-corrected chi connectivity index (χ0v) is 15.8. The van der Waals surface area contributed by atoms with E-state index in [4.69, 9.17) is 0 Å². The zero-order chi connectivity index (χ0) is 17.9. The first kappa shape index (κ1) is 16.9. The van der Waals surface area contributed by atoms with Crippen molar-refractivity contribution < 1.29 is 0 Å². The summed E-state index contributed by atoms with van der Waals surface area (Å²) in [6.45, 7) is 2.92. The molecule has 1 atom stereocenters. The van der Waals surface area contributed by atoms with Gasteiger partial charge in [0.1, 0.15) is 11.6 Å². The molecule has 2 heterocycles. The van der Waals surface area contributed by atoms with Crippen molar-refractivity contribution in [1.29, 1.82) is 0 Å². The summed E-state index contributed by atoms with van der Waals surface area (Å²) >= 11 is 1.78.